The van der Waals surface area contributed by atoms with Crippen LogP contribution in [-0.4, -0.2) is 24.2 Å². The zero-order chi connectivity index (χ0) is 16.4. The summed E-state index contributed by atoms with van der Waals surface area (Å²) in [6.07, 6.45) is 0.115. The minimum Gasteiger partial charge on any atom is -0.506 e. The second kappa shape index (κ2) is 6.38. The van der Waals surface area contributed by atoms with E-state index < -0.39 is 0 Å². The van der Waals surface area contributed by atoms with Crippen molar-refractivity contribution in [3.05, 3.63) is 46.5 Å². The van der Waals surface area contributed by atoms with Gasteiger partial charge in [-0.25, -0.2) is 0 Å². The lowest BCUT2D eigenvalue weighted by atomic mass is 10.1. The summed E-state index contributed by atoms with van der Waals surface area (Å²) in [5.41, 5.74) is 2.01. The Hall–Kier alpha value is -2.40. The van der Waals surface area contributed by atoms with Crippen molar-refractivity contribution in [1.29, 1.82) is 0 Å². The molecule has 23 heavy (non-hydrogen) atoms. The molecule has 1 aliphatic heterocycles. The van der Waals surface area contributed by atoms with E-state index in [0.29, 0.717) is 41.0 Å². The maximum Gasteiger partial charge on any atom is 0.228 e. The Balaban J connectivity index is 1.74. The van der Waals surface area contributed by atoms with Gasteiger partial charge in [0.2, 0.25) is 5.91 Å². The molecule has 0 atom stereocenters. The second-order valence-electron chi connectivity index (χ2n) is 5.35. The molecule has 5 nitrogen and oxygen atoms in total. The zero-order valence-electron chi connectivity index (χ0n) is 12.6. The van der Waals surface area contributed by atoms with Gasteiger partial charge in [0.05, 0.1) is 17.1 Å². The summed E-state index contributed by atoms with van der Waals surface area (Å²) >= 11 is 6.16. The molecule has 0 aromatic heterocycles. The Morgan fingerprint density at radius 2 is 2.04 bits per heavy atom. The molecule has 1 heterocycles. The number of benzene rings is 2. The van der Waals surface area contributed by atoms with Crippen LogP contribution in [0, 0.1) is 6.92 Å². The number of hydrogen-bond donors (Lipinski definition) is 2. The van der Waals surface area contributed by atoms with Crippen molar-refractivity contribution in [3.63, 3.8) is 0 Å². The second-order valence-corrected chi connectivity index (χ2v) is 5.75. The number of fused-ring (bicyclic) bond motifs is 1. The lowest BCUT2D eigenvalue weighted by Crippen LogP contribution is -2.17. The summed E-state index contributed by atoms with van der Waals surface area (Å²) in [6, 6.07) is 8.50. The third-order valence-corrected chi connectivity index (χ3v) is 3.73. The molecule has 2 N–H and O–H groups in total. The monoisotopic (exact) mass is 333 g/mol. The standard InChI is InChI=1S/C17H16ClNO4/c1-10-2-3-13(14(20)6-10)19-16(21)9-11-7-12(18)17-15(8-11)22-4-5-23-17/h2-3,6-8,20H,4-5,9H2,1H3,(H,19,21). The smallest absolute Gasteiger partial charge is 0.228 e. The Kier molecular flexibility index (Phi) is 4.30. The molecule has 0 aliphatic carbocycles. The molecule has 0 saturated heterocycles. The minimum atomic E-state index is -0.253. The molecule has 0 unspecified atom stereocenters. The normalized spacial score (nSPS) is 12.8. The van der Waals surface area contributed by atoms with Crippen LogP contribution < -0.4 is 14.8 Å². The maximum atomic E-state index is 12.2. The van der Waals surface area contributed by atoms with E-state index in [1.807, 2.05) is 13.0 Å². The SMILES string of the molecule is Cc1ccc(NC(=O)Cc2cc(Cl)c3c(c2)OCCO3)c(O)c1. The molecule has 0 radical (unpaired) electrons. The third kappa shape index (κ3) is 3.51. The highest BCUT2D eigenvalue weighted by Crippen LogP contribution is 2.38. The van der Waals surface area contributed by atoms with Crippen LogP contribution in [0.2, 0.25) is 5.02 Å². The number of carbonyl (C=O) groups excluding carboxylic acids is 1. The molecular weight excluding hydrogens is 318 g/mol. The Morgan fingerprint density at radius 3 is 2.83 bits per heavy atom. The molecular formula is C17H16ClNO4. The summed E-state index contributed by atoms with van der Waals surface area (Å²) < 4.78 is 10.9. The van der Waals surface area contributed by atoms with Crippen LogP contribution in [0.3, 0.4) is 0 Å². The van der Waals surface area contributed by atoms with E-state index in [1.165, 1.54) is 0 Å². The first kappa shape index (κ1) is 15.5. The first-order valence-electron chi connectivity index (χ1n) is 7.20. The largest absolute Gasteiger partial charge is 0.506 e. The third-order valence-electron chi connectivity index (χ3n) is 3.45. The van der Waals surface area contributed by atoms with Gasteiger partial charge in [0.15, 0.2) is 11.5 Å². The van der Waals surface area contributed by atoms with Crippen LogP contribution in [0.15, 0.2) is 30.3 Å². The number of halogens is 1. The molecule has 0 saturated carbocycles. The maximum absolute atomic E-state index is 12.2. The van der Waals surface area contributed by atoms with E-state index in [1.54, 1.807) is 24.3 Å². The molecule has 1 aliphatic rings. The van der Waals surface area contributed by atoms with Crippen LogP contribution in [0.1, 0.15) is 11.1 Å². The predicted molar refractivity (Wildman–Crippen MR) is 87.6 cm³/mol. The molecule has 1 amide bonds. The number of carbonyl (C=O) groups is 1. The number of aryl methyl sites for hydroxylation is 1. The number of anilines is 1. The molecule has 0 bridgehead atoms. The molecule has 120 valence electrons. The number of hydrogen-bond acceptors (Lipinski definition) is 4. The van der Waals surface area contributed by atoms with Gasteiger partial charge < -0.3 is 19.9 Å². The van der Waals surface area contributed by atoms with Crippen molar-refractivity contribution in [3.8, 4) is 17.2 Å². The molecule has 2 aromatic rings. The van der Waals surface area contributed by atoms with E-state index in [9.17, 15) is 9.90 Å². The molecule has 0 fully saturated rings. The molecule has 3 rings (SSSR count). The van der Waals surface area contributed by atoms with E-state index >= 15 is 0 Å². The number of amides is 1. The average molecular weight is 334 g/mol. The van der Waals surface area contributed by atoms with E-state index in [2.05, 4.69) is 5.32 Å². The fourth-order valence-corrected chi connectivity index (χ4v) is 2.68. The Labute approximate surface area is 138 Å². The van der Waals surface area contributed by atoms with Gasteiger partial charge in [-0.3, -0.25) is 4.79 Å². The Morgan fingerprint density at radius 1 is 1.26 bits per heavy atom. The highest BCUT2D eigenvalue weighted by Gasteiger charge is 2.18. The van der Waals surface area contributed by atoms with Crippen LogP contribution >= 0.6 is 11.6 Å². The lowest BCUT2D eigenvalue weighted by molar-refractivity contribution is -0.115. The van der Waals surface area contributed by atoms with Crippen molar-refractivity contribution in [2.45, 2.75) is 13.3 Å². The average Bonchev–Trinajstić information content (AvgIpc) is 2.50. The first-order valence-corrected chi connectivity index (χ1v) is 7.58. The number of phenolic OH excluding ortho intramolecular Hbond substituents is 1. The summed E-state index contributed by atoms with van der Waals surface area (Å²) in [5, 5.41) is 12.9. The number of rotatable bonds is 3. The topological polar surface area (TPSA) is 67.8 Å². The minimum absolute atomic E-state index is 0.0403. The van der Waals surface area contributed by atoms with Gasteiger partial charge in [-0.2, -0.15) is 0 Å². The predicted octanol–water partition coefficient (Wildman–Crippen LogP) is 3.31. The van der Waals surface area contributed by atoms with Crippen LogP contribution in [0.25, 0.3) is 0 Å². The number of phenols is 1. The fourth-order valence-electron chi connectivity index (χ4n) is 2.39. The summed E-state index contributed by atoms with van der Waals surface area (Å²) in [7, 11) is 0. The molecule has 2 aromatic carbocycles. The van der Waals surface area contributed by atoms with Gasteiger partial charge in [-0.1, -0.05) is 17.7 Å². The summed E-state index contributed by atoms with van der Waals surface area (Å²) in [4.78, 5) is 12.2. The lowest BCUT2D eigenvalue weighted by Gasteiger charge is -2.20. The van der Waals surface area contributed by atoms with Crippen molar-refractivity contribution < 1.29 is 19.4 Å². The van der Waals surface area contributed by atoms with Gasteiger partial charge in [0.1, 0.15) is 19.0 Å². The fraction of sp³-hybridized carbons (Fsp3) is 0.235. The van der Waals surface area contributed by atoms with Gasteiger partial charge in [0.25, 0.3) is 0 Å². The van der Waals surface area contributed by atoms with Gasteiger partial charge >= 0.3 is 0 Å². The zero-order valence-corrected chi connectivity index (χ0v) is 13.3. The van der Waals surface area contributed by atoms with Crippen molar-refractivity contribution in [2.75, 3.05) is 18.5 Å². The van der Waals surface area contributed by atoms with E-state index in [-0.39, 0.29) is 18.1 Å². The summed E-state index contributed by atoms with van der Waals surface area (Å²) in [6.45, 7) is 2.78. The molecule has 6 heteroatoms. The first-order chi connectivity index (χ1) is 11.0. The number of aromatic hydroxyl groups is 1. The van der Waals surface area contributed by atoms with Gasteiger partial charge in [-0.15, -0.1) is 0 Å². The van der Waals surface area contributed by atoms with Crippen LogP contribution in [-0.2, 0) is 11.2 Å². The van der Waals surface area contributed by atoms with Gasteiger partial charge in [0, 0.05) is 0 Å². The highest BCUT2D eigenvalue weighted by molar-refractivity contribution is 6.32. The highest BCUT2D eigenvalue weighted by atomic mass is 35.5. The van der Waals surface area contributed by atoms with Crippen LogP contribution in [0.4, 0.5) is 5.69 Å². The quantitative estimate of drug-likeness (QED) is 0.846. The summed E-state index contributed by atoms with van der Waals surface area (Å²) in [5.74, 6) is 0.846. The van der Waals surface area contributed by atoms with Crippen molar-refractivity contribution in [1.82, 2.24) is 0 Å². The Bertz CT molecular complexity index is 760. The number of ether oxygens (including phenoxy) is 2. The van der Waals surface area contributed by atoms with Crippen molar-refractivity contribution in [2.24, 2.45) is 0 Å². The van der Waals surface area contributed by atoms with E-state index in [4.69, 9.17) is 21.1 Å². The van der Waals surface area contributed by atoms with Crippen molar-refractivity contribution >= 4 is 23.2 Å². The van der Waals surface area contributed by atoms with Gasteiger partial charge in [-0.05, 0) is 42.3 Å². The number of nitrogens with one attached hydrogen (secondary N) is 1. The van der Waals surface area contributed by atoms with Crippen LogP contribution in [0.5, 0.6) is 17.2 Å². The molecule has 0 spiro atoms. The van der Waals surface area contributed by atoms with E-state index in [0.717, 1.165) is 5.56 Å².